The summed E-state index contributed by atoms with van der Waals surface area (Å²) in [5.41, 5.74) is 2.59. The third-order valence-electron chi connectivity index (χ3n) is 4.54. The standard InChI is InChI=1S/C21H20N2O3/c1-14-18(23-21(26-14)15-7-3-2-4-8-15)13-20(24)22-17-11-12-25-19-10-6-5-9-16(17)19/h2-10,17H,11-13H2,1H3,(H,22,24)/t17-/m0/s1. The largest absolute Gasteiger partial charge is 0.493 e. The molecule has 1 aliphatic heterocycles. The summed E-state index contributed by atoms with van der Waals surface area (Å²) in [4.78, 5) is 17.1. The Labute approximate surface area is 152 Å². The highest BCUT2D eigenvalue weighted by molar-refractivity contribution is 5.79. The molecular weight excluding hydrogens is 328 g/mol. The minimum absolute atomic E-state index is 0.0340. The number of hydrogen-bond acceptors (Lipinski definition) is 4. The van der Waals surface area contributed by atoms with E-state index in [1.807, 2.05) is 61.5 Å². The van der Waals surface area contributed by atoms with Crippen LogP contribution in [-0.2, 0) is 11.2 Å². The van der Waals surface area contributed by atoms with Crippen molar-refractivity contribution < 1.29 is 13.9 Å². The number of oxazole rings is 1. The normalized spacial score (nSPS) is 15.8. The summed E-state index contributed by atoms with van der Waals surface area (Å²) in [6.07, 6.45) is 0.956. The van der Waals surface area contributed by atoms with Crippen LogP contribution in [0.5, 0.6) is 5.75 Å². The van der Waals surface area contributed by atoms with Gasteiger partial charge in [0.15, 0.2) is 0 Å². The number of amides is 1. The van der Waals surface area contributed by atoms with Gasteiger partial charge in [-0.1, -0.05) is 36.4 Å². The number of benzene rings is 2. The molecular formula is C21H20N2O3. The van der Waals surface area contributed by atoms with Crippen molar-refractivity contribution in [1.29, 1.82) is 0 Å². The van der Waals surface area contributed by atoms with Crippen molar-refractivity contribution in [3.05, 3.63) is 71.6 Å². The number of ether oxygens (including phenoxy) is 1. The van der Waals surface area contributed by atoms with Gasteiger partial charge in [0.1, 0.15) is 11.5 Å². The second kappa shape index (κ2) is 7.04. The smallest absolute Gasteiger partial charge is 0.226 e. The first kappa shape index (κ1) is 16.4. The van der Waals surface area contributed by atoms with Crippen LogP contribution >= 0.6 is 0 Å². The monoisotopic (exact) mass is 348 g/mol. The minimum atomic E-state index is -0.0669. The second-order valence-electron chi connectivity index (χ2n) is 6.36. The van der Waals surface area contributed by atoms with Crippen LogP contribution in [0.2, 0.25) is 0 Å². The third-order valence-corrected chi connectivity index (χ3v) is 4.54. The fourth-order valence-corrected chi connectivity index (χ4v) is 3.19. The molecule has 1 amide bonds. The van der Waals surface area contributed by atoms with E-state index in [2.05, 4.69) is 10.3 Å². The van der Waals surface area contributed by atoms with Crippen molar-refractivity contribution in [2.75, 3.05) is 6.61 Å². The minimum Gasteiger partial charge on any atom is -0.493 e. The predicted octanol–water partition coefficient (Wildman–Crippen LogP) is 3.83. The van der Waals surface area contributed by atoms with Crippen molar-refractivity contribution in [2.45, 2.75) is 25.8 Å². The van der Waals surface area contributed by atoms with Crippen LogP contribution in [0.25, 0.3) is 11.5 Å². The molecule has 3 aromatic rings. The molecule has 1 aromatic heterocycles. The molecule has 1 atom stereocenters. The number of carbonyl (C=O) groups is 1. The molecule has 5 nitrogen and oxygen atoms in total. The van der Waals surface area contributed by atoms with E-state index in [9.17, 15) is 4.79 Å². The van der Waals surface area contributed by atoms with E-state index < -0.39 is 0 Å². The van der Waals surface area contributed by atoms with Crippen molar-refractivity contribution >= 4 is 5.91 Å². The van der Waals surface area contributed by atoms with Crippen molar-refractivity contribution in [1.82, 2.24) is 10.3 Å². The van der Waals surface area contributed by atoms with Gasteiger partial charge >= 0.3 is 0 Å². The summed E-state index contributed by atoms with van der Waals surface area (Å²) in [5.74, 6) is 1.99. The van der Waals surface area contributed by atoms with E-state index in [4.69, 9.17) is 9.15 Å². The van der Waals surface area contributed by atoms with Gasteiger partial charge in [-0.05, 0) is 25.1 Å². The van der Waals surface area contributed by atoms with Crippen LogP contribution in [0.1, 0.15) is 29.5 Å². The summed E-state index contributed by atoms with van der Waals surface area (Å²) in [6.45, 7) is 2.44. The van der Waals surface area contributed by atoms with Crippen LogP contribution in [0.4, 0.5) is 0 Å². The lowest BCUT2D eigenvalue weighted by Crippen LogP contribution is -2.33. The molecule has 2 aromatic carbocycles. The maximum atomic E-state index is 12.6. The molecule has 0 saturated carbocycles. The maximum absolute atomic E-state index is 12.6. The fraction of sp³-hybridized carbons (Fsp3) is 0.238. The van der Waals surface area contributed by atoms with Crippen LogP contribution in [0.3, 0.4) is 0 Å². The van der Waals surface area contributed by atoms with E-state index in [1.54, 1.807) is 0 Å². The Morgan fingerprint density at radius 3 is 2.77 bits per heavy atom. The zero-order valence-corrected chi connectivity index (χ0v) is 14.6. The molecule has 0 radical (unpaired) electrons. The first-order chi connectivity index (χ1) is 12.7. The lowest BCUT2D eigenvalue weighted by atomic mass is 10.0. The Kier molecular flexibility index (Phi) is 4.44. The number of nitrogens with one attached hydrogen (secondary N) is 1. The fourth-order valence-electron chi connectivity index (χ4n) is 3.19. The van der Waals surface area contributed by atoms with Gasteiger partial charge in [0.2, 0.25) is 11.8 Å². The number of aromatic nitrogens is 1. The lowest BCUT2D eigenvalue weighted by Gasteiger charge is -2.26. The number of aryl methyl sites for hydroxylation is 1. The number of carbonyl (C=O) groups excluding carboxylic acids is 1. The van der Waals surface area contributed by atoms with Gasteiger partial charge in [-0.2, -0.15) is 0 Å². The summed E-state index contributed by atoms with van der Waals surface area (Å²) in [7, 11) is 0. The van der Waals surface area contributed by atoms with Crippen LogP contribution in [-0.4, -0.2) is 17.5 Å². The summed E-state index contributed by atoms with van der Waals surface area (Å²) < 4.78 is 11.4. The SMILES string of the molecule is Cc1oc(-c2ccccc2)nc1CC(=O)N[C@H]1CCOc2ccccc21. The van der Waals surface area contributed by atoms with Crippen molar-refractivity contribution in [3.63, 3.8) is 0 Å². The Morgan fingerprint density at radius 2 is 1.92 bits per heavy atom. The molecule has 1 N–H and O–H groups in total. The highest BCUT2D eigenvalue weighted by Crippen LogP contribution is 2.31. The van der Waals surface area contributed by atoms with Crippen LogP contribution < -0.4 is 10.1 Å². The number of hydrogen-bond donors (Lipinski definition) is 1. The van der Waals surface area contributed by atoms with Crippen molar-refractivity contribution in [3.8, 4) is 17.2 Å². The first-order valence-electron chi connectivity index (χ1n) is 8.73. The van der Waals surface area contributed by atoms with Gasteiger partial charge in [-0.15, -0.1) is 0 Å². The maximum Gasteiger partial charge on any atom is 0.226 e. The molecule has 132 valence electrons. The molecule has 0 spiro atoms. The molecule has 0 unspecified atom stereocenters. The van der Waals surface area contributed by atoms with Gasteiger partial charge in [0.25, 0.3) is 0 Å². The number of para-hydroxylation sites is 1. The molecule has 2 heterocycles. The highest BCUT2D eigenvalue weighted by Gasteiger charge is 2.23. The Bertz CT molecular complexity index is 918. The van der Waals surface area contributed by atoms with Gasteiger partial charge in [-0.25, -0.2) is 4.98 Å². The molecule has 0 saturated heterocycles. The number of fused-ring (bicyclic) bond motifs is 1. The lowest BCUT2D eigenvalue weighted by molar-refractivity contribution is -0.121. The Balaban J connectivity index is 1.47. The van der Waals surface area contributed by atoms with Gasteiger partial charge < -0.3 is 14.5 Å². The van der Waals surface area contributed by atoms with E-state index in [1.165, 1.54) is 0 Å². The number of rotatable bonds is 4. The molecule has 0 bridgehead atoms. The first-order valence-corrected chi connectivity index (χ1v) is 8.73. The van der Waals surface area contributed by atoms with Crippen LogP contribution in [0.15, 0.2) is 59.0 Å². The molecule has 26 heavy (non-hydrogen) atoms. The molecule has 0 aliphatic carbocycles. The van der Waals surface area contributed by atoms with E-state index >= 15 is 0 Å². The van der Waals surface area contributed by atoms with E-state index in [0.29, 0.717) is 24.0 Å². The number of nitrogens with zero attached hydrogens (tertiary/aromatic N) is 1. The third kappa shape index (κ3) is 3.33. The Morgan fingerprint density at radius 1 is 1.15 bits per heavy atom. The highest BCUT2D eigenvalue weighted by atomic mass is 16.5. The summed E-state index contributed by atoms with van der Waals surface area (Å²) >= 11 is 0. The molecule has 5 heteroatoms. The predicted molar refractivity (Wildman–Crippen MR) is 97.8 cm³/mol. The van der Waals surface area contributed by atoms with E-state index in [0.717, 1.165) is 23.3 Å². The average Bonchev–Trinajstić information content (AvgIpc) is 3.03. The van der Waals surface area contributed by atoms with Gasteiger partial charge in [0.05, 0.1) is 24.8 Å². The molecule has 4 rings (SSSR count). The quantitative estimate of drug-likeness (QED) is 0.778. The zero-order valence-electron chi connectivity index (χ0n) is 14.6. The van der Waals surface area contributed by atoms with Crippen LogP contribution in [0, 0.1) is 6.92 Å². The molecule has 1 aliphatic rings. The molecule has 0 fully saturated rings. The topological polar surface area (TPSA) is 64.4 Å². The second-order valence-corrected chi connectivity index (χ2v) is 6.36. The summed E-state index contributed by atoms with van der Waals surface area (Å²) in [5, 5.41) is 3.10. The van der Waals surface area contributed by atoms with Gasteiger partial charge in [-0.3, -0.25) is 4.79 Å². The van der Waals surface area contributed by atoms with E-state index in [-0.39, 0.29) is 18.4 Å². The van der Waals surface area contributed by atoms with Crippen molar-refractivity contribution in [2.24, 2.45) is 0 Å². The zero-order chi connectivity index (χ0) is 17.9. The average molecular weight is 348 g/mol. The Hall–Kier alpha value is -3.08. The summed E-state index contributed by atoms with van der Waals surface area (Å²) in [6, 6.07) is 17.5. The van der Waals surface area contributed by atoms with Gasteiger partial charge in [0, 0.05) is 17.5 Å².